The summed E-state index contributed by atoms with van der Waals surface area (Å²) in [5.41, 5.74) is 0.667. The van der Waals surface area contributed by atoms with Crippen LogP contribution in [0.5, 0.6) is 0 Å². The van der Waals surface area contributed by atoms with Crippen LogP contribution in [0, 0.1) is 17.6 Å². The Labute approximate surface area is 139 Å². The van der Waals surface area contributed by atoms with Crippen LogP contribution in [0.4, 0.5) is 8.78 Å². The summed E-state index contributed by atoms with van der Waals surface area (Å²) in [6.45, 7) is 5.96. The topological polar surface area (TPSA) is 54.2 Å². The molecule has 24 heavy (non-hydrogen) atoms. The lowest BCUT2D eigenvalue weighted by atomic mass is 10.0. The first-order chi connectivity index (χ1) is 11.4. The van der Waals surface area contributed by atoms with Gasteiger partial charge in [0, 0.05) is 19.1 Å². The Bertz CT molecular complexity index is 704. The first-order valence-corrected chi connectivity index (χ1v) is 8.17. The van der Waals surface area contributed by atoms with Gasteiger partial charge in [-0.15, -0.1) is 0 Å². The molecule has 5 nitrogen and oxygen atoms in total. The van der Waals surface area contributed by atoms with Crippen molar-refractivity contribution in [2.24, 2.45) is 5.92 Å². The van der Waals surface area contributed by atoms with Crippen molar-refractivity contribution in [1.29, 1.82) is 0 Å². The van der Waals surface area contributed by atoms with E-state index in [2.05, 4.69) is 23.9 Å². The van der Waals surface area contributed by atoms with Crippen LogP contribution in [0.3, 0.4) is 0 Å². The molecular formula is C17H22F2N4O. The number of hydrogen-bond acceptors (Lipinski definition) is 4. The van der Waals surface area contributed by atoms with Gasteiger partial charge in [0.15, 0.2) is 11.6 Å². The molecule has 0 saturated carbocycles. The molecule has 1 saturated heterocycles. The Balaban J connectivity index is 1.81. The number of halogens is 2. The van der Waals surface area contributed by atoms with Gasteiger partial charge in [0.25, 0.3) is 0 Å². The van der Waals surface area contributed by atoms with Crippen LogP contribution >= 0.6 is 0 Å². The highest BCUT2D eigenvalue weighted by molar-refractivity contribution is 5.23. The summed E-state index contributed by atoms with van der Waals surface area (Å²) in [7, 11) is 0. The van der Waals surface area contributed by atoms with E-state index in [0.29, 0.717) is 31.0 Å². The largest absolute Gasteiger partial charge is 0.392 e. The second-order valence-electron chi connectivity index (χ2n) is 6.76. The molecule has 0 bridgehead atoms. The number of aliphatic hydroxyl groups is 1. The smallest absolute Gasteiger partial charge is 0.159 e. The van der Waals surface area contributed by atoms with Crippen LogP contribution in [-0.4, -0.2) is 37.4 Å². The summed E-state index contributed by atoms with van der Waals surface area (Å²) in [6.07, 6.45) is 1.52. The monoisotopic (exact) mass is 336 g/mol. The van der Waals surface area contributed by atoms with Crippen molar-refractivity contribution in [2.75, 3.05) is 6.54 Å². The molecule has 1 N–H and O–H groups in total. The third-order valence-corrected chi connectivity index (χ3v) is 4.29. The van der Waals surface area contributed by atoms with Crippen LogP contribution < -0.4 is 0 Å². The molecule has 3 rings (SSSR count). The number of hydrogen-bond donors (Lipinski definition) is 1. The SMILES string of the molecule is CC(C)Cn1ncnc1CN1C[C@H](O)C[C@@H]1c1ccc(F)c(F)c1. The third kappa shape index (κ3) is 3.62. The van der Waals surface area contributed by atoms with Crippen molar-refractivity contribution in [2.45, 2.75) is 45.5 Å². The molecule has 0 amide bonds. The van der Waals surface area contributed by atoms with Gasteiger partial charge in [0.2, 0.25) is 0 Å². The minimum Gasteiger partial charge on any atom is -0.392 e. The number of rotatable bonds is 5. The van der Waals surface area contributed by atoms with Gasteiger partial charge in [-0.05, 0) is 30.0 Å². The van der Waals surface area contributed by atoms with Crippen molar-refractivity contribution in [3.63, 3.8) is 0 Å². The Morgan fingerprint density at radius 2 is 2.08 bits per heavy atom. The van der Waals surface area contributed by atoms with E-state index >= 15 is 0 Å². The van der Waals surface area contributed by atoms with E-state index in [9.17, 15) is 13.9 Å². The second-order valence-corrected chi connectivity index (χ2v) is 6.76. The number of aromatic nitrogens is 3. The van der Waals surface area contributed by atoms with E-state index in [4.69, 9.17) is 0 Å². The average molecular weight is 336 g/mol. The van der Waals surface area contributed by atoms with Crippen molar-refractivity contribution in [3.8, 4) is 0 Å². The molecule has 0 radical (unpaired) electrons. The van der Waals surface area contributed by atoms with Gasteiger partial charge in [-0.1, -0.05) is 19.9 Å². The van der Waals surface area contributed by atoms with Gasteiger partial charge in [-0.25, -0.2) is 18.4 Å². The zero-order chi connectivity index (χ0) is 17.3. The molecule has 1 aliphatic heterocycles. The molecule has 0 unspecified atom stereocenters. The van der Waals surface area contributed by atoms with Gasteiger partial charge in [0.05, 0.1) is 12.6 Å². The van der Waals surface area contributed by atoms with E-state index in [0.717, 1.165) is 18.4 Å². The van der Waals surface area contributed by atoms with Crippen LogP contribution in [0.2, 0.25) is 0 Å². The summed E-state index contributed by atoms with van der Waals surface area (Å²) in [6, 6.07) is 3.75. The fraction of sp³-hybridized carbons (Fsp3) is 0.529. The molecule has 0 spiro atoms. The summed E-state index contributed by atoms with van der Waals surface area (Å²) in [5, 5.41) is 14.3. The first kappa shape index (κ1) is 17.0. The number of nitrogens with zero attached hydrogens (tertiary/aromatic N) is 4. The molecule has 2 heterocycles. The summed E-state index contributed by atoms with van der Waals surface area (Å²) < 4.78 is 28.6. The standard InChI is InChI=1S/C17H22F2N4O/c1-11(2)7-23-17(20-10-21-23)9-22-8-13(24)6-16(22)12-3-4-14(18)15(19)5-12/h3-5,10-11,13,16,24H,6-9H2,1-2H3/t13-,16-/m1/s1. The van der Waals surface area contributed by atoms with Crippen molar-refractivity contribution in [1.82, 2.24) is 19.7 Å². The first-order valence-electron chi connectivity index (χ1n) is 8.17. The molecule has 7 heteroatoms. The molecule has 2 aromatic rings. The van der Waals surface area contributed by atoms with Gasteiger partial charge in [-0.3, -0.25) is 4.90 Å². The van der Waals surface area contributed by atoms with Gasteiger partial charge in [-0.2, -0.15) is 5.10 Å². The van der Waals surface area contributed by atoms with E-state index in [-0.39, 0.29) is 6.04 Å². The highest BCUT2D eigenvalue weighted by Gasteiger charge is 2.33. The van der Waals surface area contributed by atoms with Crippen molar-refractivity contribution in [3.05, 3.63) is 47.5 Å². The maximum absolute atomic E-state index is 13.6. The summed E-state index contributed by atoms with van der Waals surface area (Å²) >= 11 is 0. The lowest BCUT2D eigenvalue weighted by Gasteiger charge is -2.24. The van der Waals surface area contributed by atoms with E-state index in [1.165, 1.54) is 12.4 Å². The zero-order valence-electron chi connectivity index (χ0n) is 13.9. The lowest BCUT2D eigenvalue weighted by molar-refractivity contribution is 0.170. The van der Waals surface area contributed by atoms with Crippen LogP contribution in [0.25, 0.3) is 0 Å². The second kappa shape index (κ2) is 6.94. The predicted octanol–water partition coefficient (Wildman–Crippen LogP) is 2.52. The average Bonchev–Trinajstić information content (AvgIpc) is 3.09. The molecule has 2 atom stereocenters. The molecule has 0 aliphatic carbocycles. The number of benzene rings is 1. The quantitative estimate of drug-likeness (QED) is 0.912. The number of aliphatic hydroxyl groups excluding tert-OH is 1. The molecule has 1 aromatic heterocycles. The molecule has 1 fully saturated rings. The maximum atomic E-state index is 13.6. The van der Waals surface area contributed by atoms with E-state index < -0.39 is 17.7 Å². The molecule has 130 valence electrons. The van der Waals surface area contributed by atoms with Crippen LogP contribution in [-0.2, 0) is 13.1 Å². The molecule has 1 aliphatic rings. The van der Waals surface area contributed by atoms with Crippen LogP contribution in [0.1, 0.15) is 37.7 Å². The molecule has 1 aromatic carbocycles. The van der Waals surface area contributed by atoms with Gasteiger partial charge in [0.1, 0.15) is 12.2 Å². The maximum Gasteiger partial charge on any atom is 0.159 e. The summed E-state index contributed by atoms with van der Waals surface area (Å²) in [5.74, 6) is -0.473. The van der Waals surface area contributed by atoms with Gasteiger partial charge < -0.3 is 5.11 Å². The third-order valence-electron chi connectivity index (χ3n) is 4.29. The highest BCUT2D eigenvalue weighted by atomic mass is 19.2. The normalized spacial score (nSPS) is 21.8. The Kier molecular flexibility index (Phi) is 4.91. The number of β-amino-alcohol motifs (C(OH)–C–C–N with tert-alkyl or cyclic N) is 1. The number of likely N-dealkylation sites (tertiary alicyclic amines) is 1. The minimum atomic E-state index is -0.864. The molecular weight excluding hydrogens is 314 g/mol. The van der Waals surface area contributed by atoms with E-state index in [1.54, 1.807) is 6.07 Å². The lowest BCUT2D eigenvalue weighted by Crippen LogP contribution is -2.27. The Hall–Kier alpha value is -1.86. The fourth-order valence-corrected chi connectivity index (χ4v) is 3.21. The van der Waals surface area contributed by atoms with Crippen LogP contribution in [0.15, 0.2) is 24.5 Å². The Morgan fingerprint density at radius 1 is 1.29 bits per heavy atom. The van der Waals surface area contributed by atoms with Gasteiger partial charge >= 0.3 is 0 Å². The predicted molar refractivity (Wildman–Crippen MR) is 85.0 cm³/mol. The minimum absolute atomic E-state index is 0.167. The van der Waals surface area contributed by atoms with E-state index in [1.807, 2.05) is 9.58 Å². The van der Waals surface area contributed by atoms with Crippen molar-refractivity contribution < 1.29 is 13.9 Å². The van der Waals surface area contributed by atoms with Crippen molar-refractivity contribution >= 4 is 0 Å². The summed E-state index contributed by atoms with van der Waals surface area (Å²) in [4.78, 5) is 6.35. The zero-order valence-corrected chi connectivity index (χ0v) is 13.9. The fourth-order valence-electron chi connectivity index (χ4n) is 3.21. The Morgan fingerprint density at radius 3 is 2.79 bits per heavy atom. The highest BCUT2D eigenvalue weighted by Crippen LogP contribution is 2.33.